The van der Waals surface area contributed by atoms with Gasteiger partial charge in [0.15, 0.2) is 0 Å². The van der Waals surface area contributed by atoms with Gasteiger partial charge in [-0.25, -0.2) is 0 Å². The molecule has 0 unspecified atom stereocenters. The number of rotatable bonds is 3. The van der Waals surface area contributed by atoms with E-state index < -0.39 is 0 Å². The summed E-state index contributed by atoms with van der Waals surface area (Å²) in [6, 6.07) is 28.3. The summed E-state index contributed by atoms with van der Waals surface area (Å²) in [5, 5.41) is 9.58. The Morgan fingerprint density at radius 3 is 1.48 bits per heavy atom. The summed E-state index contributed by atoms with van der Waals surface area (Å²) < 4.78 is -0.288. The normalized spacial score (nSPS) is 15.5. The average Bonchev–Trinajstić information content (AvgIpc) is 3.24. The number of benzene rings is 3. The fourth-order valence-corrected chi connectivity index (χ4v) is 4.15. The van der Waals surface area contributed by atoms with Crippen molar-refractivity contribution >= 4 is 27.1 Å². The highest BCUT2D eigenvalue weighted by Gasteiger charge is 2.53. The fraction of sp³-hybridized carbons (Fsp3) is 0.0476. The molecule has 0 saturated carbocycles. The van der Waals surface area contributed by atoms with Crippen LogP contribution in [0, 0.1) is 0 Å². The van der Waals surface area contributed by atoms with Crippen LogP contribution < -0.4 is 0 Å². The van der Waals surface area contributed by atoms with Gasteiger partial charge in [-0.05, 0) is 40.0 Å². The smallest absolute Gasteiger partial charge is 0.115 e. The van der Waals surface area contributed by atoms with E-state index in [2.05, 4.69) is 64.5 Å². The minimum Gasteiger partial charge on any atom is -0.508 e. The Bertz CT molecular complexity index is 815. The first-order valence-corrected chi connectivity index (χ1v) is 8.35. The molecule has 0 bridgehead atoms. The molecule has 0 fully saturated rings. The van der Waals surface area contributed by atoms with Gasteiger partial charge in [0.1, 0.15) is 10.1 Å². The zero-order valence-corrected chi connectivity index (χ0v) is 14.0. The zero-order valence-electron chi connectivity index (χ0n) is 12.4. The number of phenols is 1. The highest BCUT2D eigenvalue weighted by atomic mass is 79.9. The fourth-order valence-electron chi connectivity index (χ4n) is 3.13. The molecule has 112 valence electrons. The van der Waals surface area contributed by atoms with Crippen LogP contribution in [0.25, 0.3) is 11.1 Å². The average molecular weight is 363 g/mol. The molecule has 4 rings (SSSR count). The summed E-state index contributed by atoms with van der Waals surface area (Å²) in [4.78, 5) is 0. The minimum absolute atomic E-state index is 0.285. The van der Waals surface area contributed by atoms with Crippen molar-refractivity contribution < 1.29 is 5.11 Å². The first-order valence-electron chi connectivity index (χ1n) is 7.56. The third-order valence-electron chi connectivity index (χ3n) is 4.27. The van der Waals surface area contributed by atoms with Crippen molar-refractivity contribution in [3.8, 4) is 5.75 Å². The summed E-state index contributed by atoms with van der Waals surface area (Å²) >= 11 is 3.97. The quantitative estimate of drug-likeness (QED) is 0.600. The summed E-state index contributed by atoms with van der Waals surface area (Å²) in [5.74, 6) is 0.285. The minimum atomic E-state index is -0.288. The first kappa shape index (κ1) is 14.3. The molecular formula is C21H15BrO. The van der Waals surface area contributed by atoms with E-state index in [1.54, 1.807) is 12.1 Å². The lowest BCUT2D eigenvalue weighted by Gasteiger charge is -2.14. The van der Waals surface area contributed by atoms with Gasteiger partial charge in [-0.1, -0.05) is 88.7 Å². The maximum atomic E-state index is 9.58. The van der Waals surface area contributed by atoms with Crippen LogP contribution in [0.15, 0.2) is 84.9 Å². The Kier molecular flexibility index (Phi) is 3.35. The number of hydrogen-bond acceptors (Lipinski definition) is 1. The lowest BCUT2D eigenvalue weighted by Crippen LogP contribution is -2.03. The topological polar surface area (TPSA) is 20.2 Å². The summed E-state index contributed by atoms with van der Waals surface area (Å²) in [6.07, 6.45) is 0. The number of phenolic OH excluding ortho intramolecular Hbond substituents is 1. The van der Waals surface area contributed by atoms with Crippen molar-refractivity contribution in [1.82, 2.24) is 0 Å². The summed E-state index contributed by atoms with van der Waals surface area (Å²) in [5.41, 5.74) is 6.14. The van der Waals surface area contributed by atoms with E-state index in [0.29, 0.717) is 0 Å². The van der Waals surface area contributed by atoms with E-state index in [4.69, 9.17) is 0 Å². The molecule has 0 heterocycles. The van der Waals surface area contributed by atoms with Gasteiger partial charge in [0.25, 0.3) is 0 Å². The van der Waals surface area contributed by atoms with Gasteiger partial charge in [0.2, 0.25) is 0 Å². The molecule has 0 aliphatic heterocycles. The molecule has 0 radical (unpaired) electrons. The molecule has 0 spiro atoms. The molecule has 0 aromatic heterocycles. The van der Waals surface area contributed by atoms with Crippen molar-refractivity contribution in [1.29, 1.82) is 0 Å². The standard InChI is InChI=1S/C21H15BrO/c22-21(17-11-13-18(23)14-12-17)19(15-7-3-1-4-8-15)20(21)16-9-5-2-6-10-16/h1-14,23H. The summed E-state index contributed by atoms with van der Waals surface area (Å²) in [7, 11) is 0. The highest BCUT2D eigenvalue weighted by molar-refractivity contribution is 9.10. The molecule has 3 aromatic carbocycles. The van der Waals surface area contributed by atoms with E-state index in [1.807, 2.05) is 24.3 Å². The van der Waals surface area contributed by atoms with E-state index in [1.165, 1.54) is 22.3 Å². The van der Waals surface area contributed by atoms with Crippen LogP contribution >= 0.6 is 15.9 Å². The van der Waals surface area contributed by atoms with Gasteiger partial charge >= 0.3 is 0 Å². The van der Waals surface area contributed by atoms with E-state index >= 15 is 0 Å². The first-order chi connectivity index (χ1) is 11.2. The van der Waals surface area contributed by atoms with Crippen molar-refractivity contribution in [2.45, 2.75) is 4.32 Å². The van der Waals surface area contributed by atoms with Gasteiger partial charge in [-0.2, -0.15) is 0 Å². The number of aromatic hydroxyl groups is 1. The molecule has 0 atom stereocenters. The van der Waals surface area contributed by atoms with Crippen LogP contribution in [-0.4, -0.2) is 5.11 Å². The van der Waals surface area contributed by atoms with Crippen LogP contribution in [0.2, 0.25) is 0 Å². The van der Waals surface area contributed by atoms with Crippen molar-refractivity contribution in [3.63, 3.8) is 0 Å². The van der Waals surface area contributed by atoms with Crippen LogP contribution in [0.5, 0.6) is 5.75 Å². The van der Waals surface area contributed by atoms with Crippen molar-refractivity contribution in [3.05, 3.63) is 102 Å². The molecule has 1 nitrogen and oxygen atoms in total. The predicted octanol–water partition coefficient (Wildman–Crippen LogP) is 5.61. The molecule has 0 amide bonds. The molecule has 3 aromatic rings. The number of alkyl halides is 1. The second-order valence-electron chi connectivity index (χ2n) is 5.69. The lowest BCUT2D eigenvalue weighted by atomic mass is 10.0. The van der Waals surface area contributed by atoms with Gasteiger partial charge in [-0.15, -0.1) is 0 Å². The van der Waals surface area contributed by atoms with Gasteiger partial charge in [0.05, 0.1) is 0 Å². The zero-order chi connectivity index (χ0) is 15.9. The molecule has 23 heavy (non-hydrogen) atoms. The molecule has 1 aliphatic carbocycles. The number of hydrogen-bond donors (Lipinski definition) is 1. The Morgan fingerprint density at radius 1 is 0.609 bits per heavy atom. The second kappa shape index (κ2) is 5.39. The van der Waals surface area contributed by atoms with E-state index in [-0.39, 0.29) is 10.1 Å². The maximum Gasteiger partial charge on any atom is 0.115 e. The molecule has 1 N–H and O–H groups in total. The number of allylic oxidation sites excluding steroid dienone is 2. The predicted molar refractivity (Wildman–Crippen MR) is 98.4 cm³/mol. The van der Waals surface area contributed by atoms with Crippen LogP contribution in [0.4, 0.5) is 0 Å². The highest BCUT2D eigenvalue weighted by Crippen LogP contribution is 2.68. The molecule has 1 aliphatic rings. The second-order valence-corrected chi connectivity index (χ2v) is 6.88. The van der Waals surface area contributed by atoms with Gasteiger partial charge in [-0.3, -0.25) is 0 Å². The van der Waals surface area contributed by atoms with Crippen molar-refractivity contribution in [2.75, 3.05) is 0 Å². The molecular weight excluding hydrogens is 348 g/mol. The molecule has 0 saturated heterocycles. The third-order valence-corrected chi connectivity index (χ3v) is 5.52. The van der Waals surface area contributed by atoms with Gasteiger partial charge < -0.3 is 5.11 Å². The van der Waals surface area contributed by atoms with Crippen LogP contribution in [0.3, 0.4) is 0 Å². The Labute approximate surface area is 144 Å². The molecule has 2 heteroatoms. The van der Waals surface area contributed by atoms with Crippen LogP contribution in [0.1, 0.15) is 16.7 Å². The van der Waals surface area contributed by atoms with E-state index in [0.717, 1.165) is 5.56 Å². The monoisotopic (exact) mass is 362 g/mol. The van der Waals surface area contributed by atoms with Crippen LogP contribution in [-0.2, 0) is 4.32 Å². The number of halogens is 1. The van der Waals surface area contributed by atoms with Crippen molar-refractivity contribution in [2.24, 2.45) is 0 Å². The maximum absolute atomic E-state index is 9.58. The summed E-state index contributed by atoms with van der Waals surface area (Å²) in [6.45, 7) is 0. The Hall–Kier alpha value is -2.32. The lowest BCUT2D eigenvalue weighted by molar-refractivity contribution is 0.475. The SMILES string of the molecule is Oc1ccc(C2(Br)C(c3ccccc3)=C2c2ccccc2)cc1. The van der Waals surface area contributed by atoms with Gasteiger partial charge in [0, 0.05) is 0 Å². The Balaban J connectivity index is 1.86. The Morgan fingerprint density at radius 2 is 1.04 bits per heavy atom. The largest absolute Gasteiger partial charge is 0.508 e. The third kappa shape index (κ3) is 2.30. The van der Waals surface area contributed by atoms with E-state index in [9.17, 15) is 5.11 Å².